The number of nitrogens with zero attached hydrogens (tertiary/aromatic N) is 8. The van der Waals surface area contributed by atoms with Crippen LogP contribution >= 0.6 is 0 Å². The number of hydrogen-bond donors (Lipinski definition) is 0. The van der Waals surface area contributed by atoms with Crippen LogP contribution in [0.4, 0.5) is 0 Å². The molecule has 2 aliphatic heterocycles. The van der Waals surface area contributed by atoms with Crippen LogP contribution in [0.25, 0.3) is 169 Å². The first-order valence-electron chi connectivity index (χ1n) is 36.4. The third kappa shape index (κ3) is 9.84. The first kappa shape index (κ1) is 61.1. The van der Waals surface area contributed by atoms with Crippen molar-refractivity contribution in [3.05, 3.63) is 361 Å². The van der Waals surface area contributed by atoms with Crippen molar-refractivity contribution < 1.29 is 18.3 Å². The summed E-state index contributed by atoms with van der Waals surface area (Å²) in [7, 11) is 0. The topological polar surface area (TPSA) is 132 Å². The monoisotopic (exact) mass is 1390 g/mol. The van der Waals surface area contributed by atoms with Gasteiger partial charge in [0.15, 0.2) is 34.9 Å². The van der Waals surface area contributed by atoms with Gasteiger partial charge in [-0.1, -0.05) is 243 Å². The smallest absolute Gasteiger partial charge is 0.164 e. The Balaban J connectivity index is 0.000000135. The van der Waals surface area contributed by atoms with Crippen molar-refractivity contribution in [2.24, 2.45) is 0 Å². The molecule has 4 aliphatic rings. The van der Waals surface area contributed by atoms with Crippen molar-refractivity contribution >= 4 is 77.8 Å². The lowest BCUT2D eigenvalue weighted by Crippen LogP contribution is -2.14. The SMILES string of the molecule is C1=CC2c3c(cccc3-c3nc(-c4ccc(-c5ccccc5)cc4)nc(-c4cccc5oc6ccccc6c45)n3)OC2c2c1n(-c1ccccc1)c1ccccc21.C1=CC2c3c(cccc3-c3nc(-c4ccccc4)nc(-c4ccc5oc6ccccc6c5c4)n3)OC2c2c1n(-c1ccccc1)c1ccccc21. The van der Waals surface area contributed by atoms with Crippen LogP contribution in [0.15, 0.2) is 336 Å². The molecule has 8 heterocycles. The summed E-state index contributed by atoms with van der Waals surface area (Å²) in [5.41, 5.74) is 22.5. The van der Waals surface area contributed by atoms with Gasteiger partial charge in [-0.15, -0.1) is 0 Å². The van der Waals surface area contributed by atoms with E-state index >= 15 is 0 Å². The summed E-state index contributed by atoms with van der Waals surface area (Å²) in [5, 5.41) is 6.48. The van der Waals surface area contributed by atoms with E-state index in [0.717, 1.165) is 145 Å². The Bertz CT molecular complexity index is 6900. The van der Waals surface area contributed by atoms with Crippen molar-refractivity contribution in [3.8, 4) is 102 Å². The van der Waals surface area contributed by atoms with E-state index < -0.39 is 0 Å². The molecule has 0 radical (unpaired) electrons. The number of rotatable bonds is 9. The summed E-state index contributed by atoms with van der Waals surface area (Å²) in [6.45, 7) is 0. The van der Waals surface area contributed by atoms with E-state index in [0.29, 0.717) is 34.9 Å². The van der Waals surface area contributed by atoms with E-state index in [4.69, 9.17) is 48.2 Å². The van der Waals surface area contributed by atoms with Crippen molar-refractivity contribution in [3.63, 3.8) is 0 Å². The molecule has 0 fully saturated rings. The van der Waals surface area contributed by atoms with Crippen LogP contribution in [0.5, 0.6) is 11.5 Å². The van der Waals surface area contributed by atoms with Crippen LogP contribution in [0.3, 0.4) is 0 Å². The molecule has 0 amide bonds. The molecule has 0 N–H and O–H groups in total. The number of benzene rings is 13. The molecule has 0 spiro atoms. The lowest BCUT2D eigenvalue weighted by molar-refractivity contribution is 0.224. The van der Waals surface area contributed by atoms with Gasteiger partial charge in [-0.25, -0.2) is 29.9 Å². The second-order valence-electron chi connectivity index (χ2n) is 27.8. The molecule has 12 nitrogen and oxygen atoms in total. The number of aromatic nitrogens is 8. The van der Waals surface area contributed by atoms with Crippen LogP contribution in [-0.2, 0) is 0 Å². The fourth-order valence-corrected chi connectivity index (χ4v) is 16.9. The van der Waals surface area contributed by atoms with Crippen LogP contribution in [-0.4, -0.2) is 39.0 Å². The van der Waals surface area contributed by atoms with Gasteiger partial charge in [0.05, 0.1) is 22.4 Å². The van der Waals surface area contributed by atoms with Crippen LogP contribution in [0.2, 0.25) is 0 Å². The normalized spacial score (nSPS) is 15.7. The van der Waals surface area contributed by atoms with Crippen molar-refractivity contribution in [2.75, 3.05) is 0 Å². The summed E-state index contributed by atoms with van der Waals surface area (Å²) < 4.78 is 31.0. The van der Waals surface area contributed by atoms with Gasteiger partial charge in [-0.3, -0.25) is 0 Å². The maximum absolute atomic E-state index is 6.99. The highest BCUT2D eigenvalue weighted by atomic mass is 16.5. The lowest BCUT2D eigenvalue weighted by Gasteiger charge is -2.22. The highest BCUT2D eigenvalue weighted by molar-refractivity contribution is 6.12. The summed E-state index contributed by atoms with van der Waals surface area (Å²) in [6.07, 6.45) is 8.71. The second kappa shape index (κ2) is 24.7. The summed E-state index contributed by atoms with van der Waals surface area (Å²) in [5.74, 6) is 5.24. The number of fused-ring (bicyclic) bond motifs is 20. The fraction of sp³-hybridized carbons (Fsp3) is 0.0417. The van der Waals surface area contributed by atoms with E-state index in [2.05, 4.69) is 240 Å². The van der Waals surface area contributed by atoms with Crippen molar-refractivity contribution in [2.45, 2.75) is 24.0 Å². The van der Waals surface area contributed by atoms with Crippen molar-refractivity contribution in [1.29, 1.82) is 0 Å². The Morgan fingerprint density at radius 1 is 0.259 bits per heavy atom. The number of hydrogen-bond acceptors (Lipinski definition) is 10. The zero-order chi connectivity index (χ0) is 70.9. The number of para-hydroxylation sites is 6. The first-order chi connectivity index (χ1) is 53.5. The molecular formula is C96H60N8O4. The summed E-state index contributed by atoms with van der Waals surface area (Å²) in [4.78, 5) is 31.1. The van der Waals surface area contributed by atoms with Gasteiger partial charge in [-0.05, 0) is 108 Å². The Morgan fingerprint density at radius 2 is 0.639 bits per heavy atom. The first-order valence-corrected chi connectivity index (χ1v) is 36.4. The molecule has 13 aromatic carbocycles. The molecule has 0 bridgehead atoms. The largest absolute Gasteiger partial charge is 0.484 e. The highest BCUT2D eigenvalue weighted by Crippen LogP contribution is 2.58. The van der Waals surface area contributed by atoms with Gasteiger partial charge in [-0.2, -0.15) is 0 Å². The molecule has 19 aromatic rings. The minimum absolute atomic E-state index is 0.0206. The van der Waals surface area contributed by atoms with E-state index in [1.165, 1.54) is 21.9 Å². The van der Waals surface area contributed by atoms with E-state index in [9.17, 15) is 0 Å². The molecule has 508 valence electrons. The standard InChI is InChI=1S/C51H32N4O2.C45H28N4O2/c1-3-13-31(14-4-1)32-25-27-33(28-26-32)49-52-50(38-19-11-23-43-45(38)36-18-8-10-22-42(36)56-43)54-51(53-49)39-20-12-24-44-46(39)37-29-30-41-47(48(37)57-44)35-17-7-9-21-40(35)55(41)34-15-5-2-6-16-34;1-3-12-27(13-4-1)43-46-44(28-22-25-38-34(26-28)30-16-8-10-20-37(30)50-38)48-45(47-43)33-18-11-21-39-40(33)32-23-24-36-41(42(32)51-39)31-17-7-9-19-35(31)49(36)29-14-5-2-6-15-29/h1-30,37,48H;1-26,32,42H. The minimum atomic E-state index is -0.214. The highest BCUT2D eigenvalue weighted by Gasteiger charge is 2.44. The van der Waals surface area contributed by atoms with E-state index in [-0.39, 0.29) is 24.0 Å². The van der Waals surface area contributed by atoms with Gasteiger partial charge >= 0.3 is 0 Å². The number of ether oxygens (including phenoxy) is 2. The van der Waals surface area contributed by atoms with E-state index in [1.807, 2.05) is 109 Å². The summed E-state index contributed by atoms with van der Waals surface area (Å²) in [6, 6.07) is 108. The molecule has 4 unspecified atom stereocenters. The predicted molar refractivity (Wildman–Crippen MR) is 429 cm³/mol. The Labute approximate surface area is 619 Å². The lowest BCUT2D eigenvalue weighted by atomic mass is 9.83. The Hall–Kier alpha value is -14.4. The van der Waals surface area contributed by atoms with E-state index in [1.54, 1.807) is 0 Å². The van der Waals surface area contributed by atoms with Gasteiger partial charge in [0.1, 0.15) is 46.0 Å². The Morgan fingerprint density at radius 3 is 1.21 bits per heavy atom. The molecule has 4 atom stereocenters. The average Bonchev–Trinajstić information content (AvgIpc) is 1.56. The zero-order valence-corrected chi connectivity index (χ0v) is 57.9. The van der Waals surface area contributed by atoms with Gasteiger partial charge in [0, 0.05) is 111 Å². The molecule has 0 saturated carbocycles. The predicted octanol–water partition coefficient (Wildman–Crippen LogP) is 23.6. The molecule has 0 saturated heterocycles. The van der Waals surface area contributed by atoms with Gasteiger partial charge < -0.3 is 27.4 Å². The molecule has 2 aliphatic carbocycles. The molecular weight excluding hydrogens is 1330 g/mol. The average molecular weight is 1390 g/mol. The fourth-order valence-electron chi connectivity index (χ4n) is 16.9. The molecule has 6 aromatic heterocycles. The third-order valence-electron chi connectivity index (χ3n) is 21.7. The van der Waals surface area contributed by atoms with Crippen LogP contribution in [0.1, 0.15) is 57.7 Å². The zero-order valence-electron chi connectivity index (χ0n) is 57.9. The molecule has 108 heavy (non-hydrogen) atoms. The summed E-state index contributed by atoms with van der Waals surface area (Å²) >= 11 is 0. The molecule has 23 rings (SSSR count). The van der Waals surface area contributed by atoms with Crippen LogP contribution in [0, 0.1) is 0 Å². The van der Waals surface area contributed by atoms with Crippen molar-refractivity contribution in [1.82, 2.24) is 39.0 Å². The maximum Gasteiger partial charge on any atom is 0.164 e. The van der Waals surface area contributed by atoms with Gasteiger partial charge in [0.2, 0.25) is 0 Å². The second-order valence-corrected chi connectivity index (χ2v) is 27.8. The quantitative estimate of drug-likeness (QED) is 0.138. The van der Waals surface area contributed by atoms with Crippen LogP contribution < -0.4 is 9.47 Å². The maximum atomic E-state index is 6.99. The van der Waals surface area contributed by atoms with Gasteiger partial charge in [0.25, 0.3) is 0 Å². The Kier molecular flexibility index (Phi) is 14.0. The third-order valence-corrected chi connectivity index (χ3v) is 21.7. The number of furan rings is 2. The molecule has 12 heteroatoms. The minimum Gasteiger partial charge on any atom is -0.484 e.